The third kappa shape index (κ3) is 5.82. The van der Waals surface area contributed by atoms with Crippen molar-refractivity contribution in [2.75, 3.05) is 37.7 Å². The van der Waals surface area contributed by atoms with Gasteiger partial charge in [0.1, 0.15) is 17.3 Å². The van der Waals surface area contributed by atoms with Crippen LogP contribution in [0.4, 0.5) is 5.82 Å². The molecule has 8 nitrogen and oxygen atoms in total. The van der Waals surface area contributed by atoms with E-state index in [1.165, 1.54) is 17.8 Å². The molecule has 1 N–H and O–H groups in total. The number of aromatic nitrogens is 1. The Hall–Kier alpha value is -3.91. The summed E-state index contributed by atoms with van der Waals surface area (Å²) in [5.74, 6) is 1.22. The minimum atomic E-state index is -1.03. The number of nitrogens with zero attached hydrogens (tertiary/aromatic N) is 3. The van der Waals surface area contributed by atoms with Gasteiger partial charge in [-0.1, -0.05) is 29.8 Å². The molecular formula is C32H37N3O5. The van der Waals surface area contributed by atoms with E-state index in [1.807, 2.05) is 13.8 Å². The molecule has 2 saturated heterocycles. The quantitative estimate of drug-likeness (QED) is 0.377. The number of likely N-dealkylation sites (tertiary alicyclic amines) is 1. The fourth-order valence-electron chi connectivity index (χ4n) is 5.83. The van der Waals surface area contributed by atoms with Crippen molar-refractivity contribution >= 4 is 17.7 Å². The van der Waals surface area contributed by atoms with Crippen LogP contribution in [0.25, 0.3) is 11.1 Å². The molecule has 2 fully saturated rings. The van der Waals surface area contributed by atoms with E-state index in [4.69, 9.17) is 14.6 Å². The van der Waals surface area contributed by atoms with Crippen LogP contribution < -0.4 is 14.4 Å². The first kappa shape index (κ1) is 27.6. The lowest BCUT2D eigenvalue weighted by atomic mass is 9.77. The van der Waals surface area contributed by atoms with Crippen LogP contribution in [-0.4, -0.2) is 59.7 Å². The number of anilines is 1. The van der Waals surface area contributed by atoms with Crippen LogP contribution in [0, 0.1) is 12.3 Å². The van der Waals surface area contributed by atoms with Gasteiger partial charge in [0, 0.05) is 25.7 Å². The molecule has 1 aromatic heterocycles. The molecule has 2 aromatic carbocycles. The maximum atomic E-state index is 12.9. The maximum absolute atomic E-state index is 12.9. The SMILES string of the molecule is CCOc1cc(CN2CCC3(CC2)CC(=O)N(c2ccc(C(=O)O)cn2)C3)cc(OCC)c1-c1ccc(C)cc1. The molecular weight excluding hydrogens is 506 g/mol. The number of rotatable bonds is 9. The summed E-state index contributed by atoms with van der Waals surface area (Å²) in [6, 6.07) is 15.8. The molecule has 3 aromatic rings. The second-order valence-corrected chi connectivity index (χ2v) is 10.8. The molecule has 0 saturated carbocycles. The molecule has 2 aliphatic heterocycles. The van der Waals surface area contributed by atoms with Crippen molar-refractivity contribution in [1.82, 2.24) is 9.88 Å². The van der Waals surface area contributed by atoms with Crippen LogP contribution in [0.15, 0.2) is 54.7 Å². The van der Waals surface area contributed by atoms with Crippen LogP contribution in [0.5, 0.6) is 11.5 Å². The zero-order chi connectivity index (χ0) is 28.3. The minimum Gasteiger partial charge on any atom is -0.493 e. The molecule has 0 bridgehead atoms. The number of hydrogen-bond acceptors (Lipinski definition) is 6. The van der Waals surface area contributed by atoms with Crippen LogP contribution >= 0.6 is 0 Å². The van der Waals surface area contributed by atoms with Crippen molar-refractivity contribution in [3.05, 3.63) is 71.4 Å². The molecule has 3 heterocycles. The molecule has 5 rings (SSSR count). The van der Waals surface area contributed by atoms with Crippen LogP contribution in [0.1, 0.15) is 54.6 Å². The van der Waals surface area contributed by atoms with E-state index < -0.39 is 5.97 Å². The van der Waals surface area contributed by atoms with E-state index in [2.05, 4.69) is 53.2 Å². The molecule has 8 heteroatoms. The third-order valence-electron chi connectivity index (χ3n) is 7.98. The minimum absolute atomic E-state index is 0.0541. The van der Waals surface area contributed by atoms with E-state index >= 15 is 0 Å². The van der Waals surface area contributed by atoms with Gasteiger partial charge >= 0.3 is 5.97 Å². The number of carboxylic acid groups (broad SMARTS) is 1. The monoisotopic (exact) mass is 543 g/mol. The molecule has 0 radical (unpaired) electrons. The van der Waals surface area contributed by atoms with E-state index in [0.29, 0.717) is 32.0 Å². The highest BCUT2D eigenvalue weighted by molar-refractivity contribution is 5.96. The number of carboxylic acids is 1. The lowest BCUT2D eigenvalue weighted by Gasteiger charge is -2.38. The molecule has 1 amide bonds. The first-order chi connectivity index (χ1) is 19.3. The molecule has 0 unspecified atom stereocenters. The number of carbonyl (C=O) groups excluding carboxylic acids is 1. The molecule has 1 spiro atoms. The zero-order valence-electron chi connectivity index (χ0n) is 23.5. The number of piperidine rings is 1. The highest BCUT2D eigenvalue weighted by Crippen LogP contribution is 2.44. The van der Waals surface area contributed by atoms with Gasteiger partial charge in [0.25, 0.3) is 0 Å². The fraction of sp³-hybridized carbons (Fsp3) is 0.406. The van der Waals surface area contributed by atoms with Gasteiger partial charge in [0.15, 0.2) is 0 Å². The molecule has 40 heavy (non-hydrogen) atoms. The van der Waals surface area contributed by atoms with Crippen molar-refractivity contribution in [3.8, 4) is 22.6 Å². The summed E-state index contributed by atoms with van der Waals surface area (Å²) in [4.78, 5) is 32.5. The second-order valence-electron chi connectivity index (χ2n) is 10.8. The Morgan fingerprint density at radius 2 is 1.65 bits per heavy atom. The average Bonchev–Trinajstić information content (AvgIpc) is 3.26. The van der Waals surface area contributed by atoms with Gasteiger partial charge in [0.05, 0.1) is 24.3 Å². The number of pyridine rings is 1. The summed E-state index contributed by atoms with van der Waals surface area (Å²) >= 11 is 0. The zero-order valence-corrected chi connectivity index (χ0v) is 23.5. The summed E-state index contributed by atoms with van der Waals surface area (Å²) in [6.07, 6.45) is 3.65. The standard InChI is InChI=1S/C32H37N3O5/c1-4-39-26-16-23(17-27(40-5-2)30(26)24-8-6-22(3)7-9-24)20-34-14-12-32(13-15-34)18-29(36)35(21-32)28-11-10-25(19-33-28)31(37)38/h6-11,16-17,19H,4-5,12-15,18,20-21H2,1-3H3,(H,37,38). The Morgan fingerprint density at radius 1 is 1.00 bits per heavy atom. The third-order valence-corrected chi connectivity index (χ3v) is 7.98. The van der Waals surface area contributed by atoms with Gasteiger partial charge in [-0.2, -0.15) is 0 Å². The Labute approximate surface area is 235 Å². The van der Waals surface area contributed by atoms with Crippen molar-refractivity contribution in [2.24, 2.45) is 5.41 Å². The maximum Gasteiger partial charge on any atom is 0.337 e. The van der Waals surface area contributed by atoms with E-state index in [0.717, 1.165) is 60.7 Å². The van der Waals surface area contributed by atoms with Crippen LogP contribution in [0.2, 0.25) is 0 Å². The van der Waals surface area contributed by atoms with Gasteiger partial charge in [-0.3, -0.25) is 14.6 Å². The molecule has 0 aliphatic carbocycles. The number of amides is 1. The van der Waals surface area contributed by atoms with Crippen molar-refractivity contribution in [2.45, 2.75) is 46.6 Å². The highest BCUT2D eigenvalue weighted by atomic mass is 16.5. The van der Waals surface area contributed by atoms with Crippen molar-refractivity contribution in [3.63, 3.8) is 0 Å². The Morgan fingerprint density at radius 3 is 2.20 bits per heavy atom. The van der Waals surface area contributed by atoms with Gasteiger partial charge in [-0.25, -0.2) is 9.78 Å². The number of carbonyl (C=O) groups is 2. The number of aromatic carboxylic acids is 1. The number of benzene rings is 2. The van der Waals surface area contributed by atoms with E-state index in [9.17, 15) is 9.59 Å². The largest absolute Gasteiger partial charge is 0.493 e. The average molecular weight is 544 g/mol. The van der Waals surface area contributed by atoms with Gasteiger partial charge in [-0.15, -0.1) is 0 Å². The highest BCUT2D eigenvalue weighted by Gasteiger charge is 2.45. The fourth-order valence-corrected chi connectivity index (χ4v) is 5.83. The van der Waals surface area contributed by atoms with Crippen LogP contribution in [-0.2, 0) is 11.3 Å². The molecule has 0 atom stereocenters. The predicted molar refractivity (Wildman–Crippen MR) is 154 cm³/mol. The number of hydrogen-bond donors (Lipinski definition) is 1. The Balaban J connectivity index is 1.29. The smallest absolute Gasteiger partial charge is 0.337 e. The molecule has 2 aliphatic rings. The summed E-state index contributed by atoms with van der Waals surface area (Å²) in [6.45, 7) is 10.4. The normalized spacial score (nSPS) is 16.9. The summed E-state index contributed by atoms with van der Waals surface area (Å²) in [5.41, 5.74) is 4.45. The van der Waals surface area contributed by atoms with Gasteiger partial charge in [-0.05, 0) is 87.5 Å². The number of ether oxygens (including phenoxy) is 2. The Bertz CT molecular complexity index is 1340. The van der Waals surface area contributed by atoms with Gasteiger partial charge < -0.3 is 14.6 Å². The second kappa shape index (κ2) is 11.7. The summed E-state index contributed by atoms with van der Waals surface area (Å²) < 4.78 is 12.2. The molecule has 210 valence electrons. The van der Waals surface area contributed by atoms with E-state index in [-0.39, 0.29) is 16.9 Å². The van der Waals surface area contributed by atoms with E-state index in [1.54, 1.807) is 11.0 Å². The lowest BCUT2D eigenvalue weighted by molar-refractivity contribution is -0.118. The van der Waals surface area contributed by atoms with Crippen molar-refractivity contribution < 1.29 is 24.2 Å². The predicted octanol–water partition coefficient (Wildman–Crippen LogP) is 5.57. The topological polar surface area (TPSA) is 92.2 Å². The summed E-state index contributed by atoms with van der Waals surface area (Å²) in [5, 5.41) is 9.14. The first-order valence-electron chi connectivity index (χ1n) is 14.0. The first-order valence-corrected chi connectivity index (χ1v) is 14.0. The number of aryl methyl sites for hydroxylation is 1. The van der Waals surface area contributed by atoms with Gasteiger partial charge in [0.2, 0.25) is 5.91 Å². The Kier molecular flexibility index (Phi) is 8.07. The summed E-state index contributed by atoms with van der Waals surface area (Å²) in [7, 11) is 0. The van der Waals surface area contributed by atoms with Crippen molar-refractivity contribution in [1.29, 1.82) is 0 Å². The lowest BCUT2D eigenvalue weighted by Crippen LogP contribution is -2.41. The van der Waals surface area contributed by atoms with Crippen LogP contribution in [0.3, 0.4) is 0 Å².